The van der Waals surface area contributed by atoms with Crippen molar-refractivity contribution in [2.45, 2.75) is 33.7 Å². The lowest BCUT2D eigenvalue weighted by molar-refractivity contribution is -0.143. The first-order chi connectivity index (χ1) is 13.0. The summed E-state index contributed by atoms with van der Waals surface area (Å²) in [5.74, 6) is -0.575. The van der Waals surface area contributed by atoms with Gasteiger partial charge in [0.1, 0.15) is 6.54 Å². The van der Waals surface area contributed by atoms with E-state index < -0.39 is 0 Å². The Balaban J connectivity index is 2.06. The van der Waals surface area contributed by atoms with Crippen LogP contribution in [0.2, 0.25) is 0 Å². The van der Waals surface area contributed by atoms with E-state index in [1.54, 1.807) is 11.5 Å². The minimum absolute atomic E-state index is 0.0369. The SMILES string of the molecule is CCOC(=O)Cn1c(=NC(=O)Cc2ccccc2)sc2cc(C)cc(C)c21. The second-order valence-electron chi connectivity index (χ2n) is 6.37. The summed E-state index contributed by atoms with van der Waals surface area (Å²) in [5.41, 5.74) is 4.01. The first-order valence-corrected chi connectivity index (χ1v) is 9.67. The third kappa shape index (κ3) is 4.52. The minimum atomic E-state index is -0.339. The Bertz CT molecular complexity index is 1050. The predicted molar refractivity (Wildman–Crippen MR) is 107 cm³/mol. The zero-order chi connectivity index (χ0) is 19.4. The number of nitrogens with zero attached hydrogens (tertiary/aromatic N) is 2. The molecule has 27 heavy (non-hydrogen) atoms. The summed E-state index contributed by atoms with van der Waals surface area (Å²) in [7, 11) is 0. The van der Waals surface area contributed by atoms with Crippen LogP contribution < -0.4 is 4.80 Å². The average molecular weight is 382 g/mol. The van der Waals surface area contributed by atoms with Crippen molar-refractivity contribution in [1.82, 2.24) is 4.57 Å². The van der Waals surface area contributed by atoms with E-state index in [0.717, 1.165) is 26.9 Å². The number of ether oxygens (including phenoxy) is 1. The van der Waals surface area contributed by atoms with Gasteiger partial charge in [0.05, 0.1) is 23.2 Å². The van der Waals surface area contributed by atoms with Gasteiger partial charge in [-0.25, -0.2) is 0 Å². The molecule has 1 aromatic heterocycles. The molecule has 0 aliphatic rings. The third-order valence-corrected chi connectivity index (χ3v) is 5.15. The van der Waals surface area contributed by atoms with E-state index in [1.807, 2.05) is 44.2 Å². The van der Waals surface area contributed by atoms with Gasteiger partial charge in [0.2, 0.25) is 0 Å². The summed E-state index contributed by atoms with van der Waals surface area (Å²) in [4.78, 5) is 29.4. The van der Waals surface area contributed by atoms with Crippen LogP contribution in [0.25, 0.3) is 10.2 Å². The Kier molecular flexibility index (Phi) is 5.86. The Labute approximate surface area is 161 Å². The number of esters is 1. The van der Waals surface area contributed by atoms with Gasteiger partial charge in [-0.1, -0.05) is 47.7 Å². The number of hydrogen-bond donors (Lipinski definition) is 0. The smallest absolute Gasteiger partial charge is 0.326 e. The quantitative estimate of drug-likeness (QED) is 0.634. The van der Waals surface area contributed by atoms with Crippen LogP contribution in [0.5, 0.6) is 0 Å². The summed E-state index contributed by atoms with van der Waals surface area (Å²) in [6.45, 7) is 6.16. The monoisotopic (exact) mass is 382 g/mol. The molecule has 2 aromatic carbocycles. The van der Waals surface area contributed by atoms with Crippen LogP contribution in [0.1, 0.15) is 23.6 Å². The van der Waals surface area contributed by atoms with Crippen molar-refractivity contribution >= 4 is 33.4 Å². The van der Waals surface area contributed by atoms with Gasteiger partial charge < -0.3 is 9.30 Å². The zero-order valence-electron chi connectivity index (χ0n) is 15.7. The van der Waals surface area contributed by atoms with Crippen LogP contribution in [-0.2, 0) is 27.3 Å². The Morgan fingerprint density at radius 2 is 1.89 bits per heavy atom. The summed E-state index contributed by atoms with van der Waals surface area (Å²) in [6.07, 6.45) is 0.229. The third-order valence-electron chi connectivity index (χ3n) is 4.12. The number of aryl methyl sites for hydroxylation is 2. The van der Waals surface area contributed by atoms with Gasteiger partial charge in [-0.2, -0.15) is 4.99 Å². The van der Waals surface area contributed by atoms with E-state index in [1.165, 1.54) is 11.3 Å². The van der Waals surface area contributed by atoms with Crippen molar-refractivity contribution in [2.24, 2.45) is 4.99 Å². The van der Waals surface area contributed by atoms with E-state index in [-0.39, 0.29) is 24.8 Å². The first kappa shape index (κ1) is 19.0. The van der Waals surface area contributed by atoms with Crippen LogP contribution in [-0.4, -0.2) is 23.1 Å². The molecule has 0 saturated heterocycles. The number of amides is 1. The highest BCUT2D eigenvalue weighted by Crippen LogP contribution is 2.23. The molecule has 0 N–H and O–H groups in total. The summed E-state index contributed by atoms with van der Waals surface area (Å²) < 4.78 is 7.89. The highest BCUT2D eigenvalue weighted by Gasteiger charge is 2.14. The van der Waals surface area contributed by atoms with Gasteiger partial charge in [-0.3, -0.25) is 9.59 Å². The summed E-state index contributed by atoms with van der Waals surface area (Å²) in [5, 5.41) is 0. The number of rotatable bonds is 5. The molecule has 3 rings (SSSR count). The Hall–Kier alpha value is -2.73. The molecule has 0 fully saturated rings. The lowest BCUT2D eigenvalue weighted by Crippen LogP contribution is -2.23. The number of thiazole rings is 1. The van der Waals surface area contributed by atoms with Gasteiger partial charge in [0.15, 0.2) is 4.80 Å². The Morgan fingerprint density at radius 1 is 1.15 bits per heavy atom. The van der Waals surface area contributed by atoms with Gasteiger partial charge in [0.25, 0.3) is 5.91 Å². The molecule has 0 aliphatic carbocycles. The molecule has 1 amide bonds. The maximum absolute atomic E-state index is 12.5. The lowest BCUT2D eigenvalue weighted by Gasteiger charge is -2.07. The summed E-state index contributed by atoms with van der Waals surface area (Å²) >= 11 is 1.42. The molecular weight excluding hydrogens is 360 g/mol. The van der Waals surface area contributed by atoms with Gasteiger partial charge in [-0.05, 0) is 43.5 Å². The fourth-order valence-electron chi connectivity index (χ4n) is 3.08. The first-order valence-electron chi connectivity index (χ1n) is 8.85. The van der Waals surface area contributed by atoms with Crippen LogP contribution in [0.15, 0.2) is 47.5 Å². The van der Waals surface area contributed by atoms with Crippen molar-refractivity contribution in [3.05, 3.63) is 64.0 Å². The highest BCUT2D eigenvalue weighted by atomic mass is 32.1. The molecule has 0 unspecified atom stereocenters. The van der Waals surface area contributed by atoms with Gasteiger partial charge in [-0.15, -0.1) is 0 Å². The summed E-state index contributed by atoms with van der Waals surface area (Å²) in [6, 6.07) is 13.6. The molecule has 0 aliphatic heterocycles. The van der Waals surface area contributed by atoms with E-state index >= 15 is 0 Å². The minimum Gasteiger partial charge on any atom is -0.465 e. The maximum atomic E-state index is 12.5. The number of benzene rings is 2. The van der Waals surface area contributed by atoms with Gasteiger partial charge in [0, 0.05) is 0 Å². The van der Waals surface area contributed by atoms with Crippen molar-refractivity contribution in [3.8, 4) is 0 Å². The van der Waals surface area contributed by atoms with Crippen LogP contribution in [0.4, 0.5) is 0 Å². The topological polar surface area (TPSA) is 60.7 Å². The van der Waals surface area contributed by atoms with E-state index in [0.29, 0.717) is 11.4 Å². The molecule has 1 heterocycles. The molecular formula is C21H22N2O3S. The van der Waals surface area contributed by atoms with Crippen molar-refractivity contribution < 1.29 is 14.3 Å². The molecule has 0 saturated carbocycles. The normalized spacial score (nSPS) is 11.7. The standard InChI is InChI=1S/C21H22N2O3S/c1-4-26-19(25)13-23-20-15(3)10-14(2)11-17(20)27-21(23)22-18(24)12-16-8-6-5-7-9-16/h5-11H,4,12-13H2,1-3H3. The van der Waals surface area contributed by atoms with Crippen molar-refractivity contribution in [1.29, 1.82) is 0 Å². The van der Waals surface area contributed by atoms with Crippen LogP contribution >= 0.6 is 11.3 Å². The second-order valence-corrected chi connectivity index (χ2v) is 7.38. The average Bonchev–Trinajstić information content (AvgIpc) is 2.92. The van der Waals surface area contributed by atoms with Gasteiger partial charge >= 0.3 is 5.97 Å². The number of hydrogen-bond acceptors (Lipinski definition) is 4. The molecule has 0 radical (unpaired) electrons. The van der Waals surface area contributed by atoms with E-state index in [9.17, 15) is 9.59 Å². The van der Waals surface area contributed by atoms with Crippen LogP contribution in [0.3, 0.4) is 0 Å². The molecule has 0 spiro atoms. The predicted octanol–water partition coefficient (Wildman–Crippen LogP) is 3.55. The fraction of sp³-hybridized carbons (Fsp3) is 0.286. The maximum Gasteiger partial charge on any atom is 0.326 e. The van der Waals surface area contributed by atoms with E-state index in [4.69, 9.17) is 4.74 Å². The van der Waals surface area contributed by atoms with E-state index in [2.05, 4.69) is 17.1 Å². The highest BCUT2D eigenvalue weighted by molar-refractivity contribution is 7.16. The van der Waals surface area contributed by atoms with Crippen molar-refractivity contribution in [2.75, 3.05) is 6.61 Å². The largest absolute Gasteiger partial charge is 0.465 e. The molecule has 0 atom stereocenters. The second kappa shape index (κ2) is 8.31. The van der Waals surface area contributed by atoms with Crippen molar-refractivity contribution in [3.63, 3.8) is 0 Å². The number of carbonyl (C=O) groups excluding carboxylic acids is 2. The molecule has 3 aromatic rings. The number of fused-ring (bicyclic) bond motifs is 1. The fourth-order valence-corrected chi connectivity index (χ4v) is 4.30. The molecule has 5 nitrogen and oxygen atoms in total. The van der Waals surface area contributed by atoms with Crippen LogP contribution in [0, 0.1) is 13.8 Å². The Morgan fingerprint density at radius 3 is 2.59 bits per heavy atom. The lowest BCUT2D eigenvalue weighted by atomic mass is 10.1. The zero-order valence-corrected chi connectivity index (χ0v) is 16.5. The number of carbonyl (C=O) groups is 2. The number of aromatic nitrogens is 1. The molecule has 140 valence electrons. The molecule has 6 heteroatoms. The molecule has 0 bridgehead atoms.